The summed E-state index contributed by atoms with van der Waals surface area (Å²) in [4.78, 5) is 3.92. The number of ether oxygens (including phenoxy) is 1. The highest BCUT2D eigenvalue weighted by molar-refractivity contribution is 5.29. The second-order valence-corrected chi connectivity index (χ2v) is 3.92. The summed E-state index contributed by atoms with van der Waals surface area (Å²) in [5.74, 6) is 0.828. The van der Waals surface area contributed by atoms with Gasteiger partial charge in [0.1, 0.15) is 18.4 Å². The molecule has 0 radical (unpaired) electrons. The van der Waals surface area contributed by atoms with Crippen LogP contribution in [0, 0.1) is 0 Å². The Morgan fingerprint density at radius 3 is 2.53 bits per heavy atom. The van der Waals surface area contributed by atoms with Crippen LogP contribution < -0.4 is 10.5 Å². The highest BCUT2D eigenvalue weighted by Crippen LogP contribution is 2.24. The summed E-state index contributed by atoms with van der Waals surface area (Å²) in [7, 11) is 1.65. The van der Waals surface area contributed by atoms with Gasteiger partial charge in [0.2, 0.25) is 0 Å². The molecule has 2 aromatic rings. The lowest BCUT2D eigenvalue weighted by molar-refractivity contribution is 0.407. The summed E-state index contributed by atoms with van der Waals surface area (Å²) in [6.07, 6.45) is 3.19. The molecule has 0 fully saturated rings. The molecule has 0 aliphatic rings. The summed E-state index contributed by atoms with van der Waals surface area (Å²) < 4.78 is 6.87. The van der Waals surface area contributed by atoms with Gasteiger partial charge in [0, 0.05) is 0 Å². The molecule has 2 N–H and O–H groups in total. The van der Waals surface area contributed by atoms with Crippen molar-refractivity contribution >= 4 is 0 Å². The van der Waals surface area contributed by atoms with Crippen LogP contribution in [-0.4, -0.2) is 21.9 Å². The Hall–Kier alpha value is -1.88. The minimum Gasteiger partial charge on any atom is -0.497 e. The van der Waals surface area contributed by atoms with Crippen molar-refractivity contribution in [1.82, 2.24) is 14.8 Å². The van der Waals surface area contributed by atoms with Crippen LogP contribution in [0.15, 0.2) is 36.9 Å². The fourth-order valence-electron chi connectivity index (χ4n) is 1.70. The van der Waals surface area contributed by atoms with Crippen molar-refractivity contribution in [3.63, 3.8) is 0 Å². The van der Waals surface area contributed by atoms with Gasteiger partial charge in [-0.15, -0.1) is 0 Å². The summed E-state index contributed by atoms with van der Waals surface area (Å²) in [5.41, 5.74) is 7.24. The second-order valence-electron chi connectivity index (χ2n) is 3.92. The fraction of sp³-hybridized carbons (Fsp3) is 0.333. The molecule has 1 heterocycles. The van der Waals surface area contributed by atoms with Crippen LogP contribution >= 0.6 is 0 Å². The highest BCUT2D eigenvalue weighted by Gasteiger charge is 2.16. The summed E-state index contributed by atoms with van der Waals surface area (Å²) in [6.45, 7) is 2.02. The predicted octanol–water partition coefficient (Wildman–Crippen LogP) is 1.55. The maximum Gasteiger partial charge on any atom is 0.137 e. The minimum atomic E-state index is -0.123. The Kier molecular flexibility index (Phi) is 3.39. The zero-order valence-electron chi connectivity index (χ0n) is 9.95. The van der Waals surface area contributed by atoms with E-state index in [-0.39, 0.29) is 12.1 Å². The van der Waals surface area contributed by atoms with Crippen molar-refractivity contribution in [2.75, 3.05) is 7.11 Å². The smallest absolute Gasteiger partial charge is 0.137 e. The zero-order valence-corrected chi connectivity index (χ0v) is 9.95. The summed E-state index contributed by atoms with van der Waals surface area (Å²) >= 11 is 0. The summed E-state index contributed by atoms with van der Waals surface area (Å²) in [6, 6.07) is 7.69. The molecular formula is C12H16N4O. The van der Waals surface area contributed by atoms with Crippen LogP contribution in [0.5, 0.6) is 5.75 Å². The molecule has 17 heavy (non-hydrogen) atoms. The molecule has 0 amide bonds. The largest absolute Gasteiger partial charge is 0.497 e. The number of benzene rings is 1. The third kappa shape index (κ3) is 2.45. The van der Waals surface area contributed by atoms with Gasteiger partial charge in [0.05, 0.1) is 19.2 Å². The van der Waals surface area contributed by atoms with Gasteiger partial charge >= 0.3 is 0 Å². The fourth-order valence-corrected chi connectivity index (χ4v) is 1.70. The summed E-state index contributed by atoms with van der Waals surface area (Å²) in [5, 5.41) is 4.10. The van der Waals surface area contributed by atoms with Gasteiger partial charge in [0.25, 0.3) is 0 Å². The number of rotatable bonds is 4. The van der Waals surface area contributed by atoms with E-state index in [0.717, 1.165) is 11.3 Å². The molecule has 2 unspecified atom stereocenters. The van der Waals surface area contributed by atoms with E-state index in [1.807, 2.05) is 31.2 Å². The molecule has 0 bridgehead atoms. The van der Waals surface area contributed by atoms with Gasteiger partial charge in [-0.1, -0.05) is 12.1 Å². The molecule has 0 aliphatic carbocycles. The van der Waals surface area contributed by atoms with Gasteiger partial charge in [0.15, 0.2) is 0 Å². The molecule has 1 aromatic heterocycles. The van der Waals surface area contributed by atoms with E-state index >= 15 is 0 Å². The van der Waals surface area contributed by atoms with Crippen LogP contribution in [0.3, 0.4) is 0 Å². The van der Waals surface area contributed by atoms with Crippen LogP contribution in [0.25, 0.3) is 0 Å². The first-order chi connectivity index (χ1) is 8.22. The predicted molar refractivity (Wildman–Crippen MR) is 64.7 cm³/mol. The number of methoxy groups -OCH3 is 1. The normalized spacial score (nSPS) is 14.3. The molecule has 5 nitrogen and oxygen atoms in total. The Labute approximate surface area is 100 Å². The highest BCUT2D eigenvalue weighted by atomic mass is 16.5. The average Bonchev–Trinajstić information content (AvgIpc) is 2.91. The number of aromatic nitrogens is 3. The van der Waals surface area contributed by atoms with Gasteiger partial charge in [-0.25, -0.2) is 9.67 Å². The van der Waals surface area contributed by atoms with Crippen molar-refractivity contribution < 1.29 is 4.74 Å². The Bertz CT molecular complexity index is 452. The molecule has 0 saturated carbocycles. The quantitative estimate of drug-likeness (QED) is 0.868. The van der Waals surface area contributed by atoms with Crippen LogP contribution in [0.1, 0.15) is 24.6 Å². The van der Waals surface area contributed by atoms with Crippen molar-refractivity contribution in [1.29, 1.82) is 0 Å². The van der Waals surface area contributed by atoms with E-state index in [4.69, 9.17) is 10.5 Å². The van der Waals surface area contributed by atoms with E-state index in [0.29, 0.717) is 0 Å². The van der Waals surface area contributed by atoms with Crippen molar-refractivity contribution in [2.24, 2.45) is 5.73 Å². The van der Waals surface area contributed by atoms with Gasteiger partial charge in [-0.2, -0.15) is 5.10 Å². The standard InChI is InChI=1S/C12H16N4O/c1-9(16-8-14-7-15-16)12(13)10-3-5-11(17-2)6-4-10/h3-9,12H,13H2,1-2H3. The monoisotopic (exact) mass is 232 g/mol. The Morgan fingerprint density at radius 2 is 2.00 bits per heavy atom. The van der Waals surface area contributed by atoms with E-state index in [2.05, 4.69) is 10.1 Å². The first kappa shape index (κ1) is 11.6. The van der Waals surface area contributed by atoms with Gasteiger partial charge in [-0.05, 0) is 24.6 Å². The SMILES string of the molecule is COc1ccc(C(N)C(C)n2cncn2)cc1. The molecule has 0 spiro atoms. The first-order valence-electron chi connectivity index (χ1n) is 5.46. The van der Waals surface area contributed by atoms with E-state index in [1.54, 1.807) is 18.1 Å². The minimum absolute atomic E-state index is 0.0610. The second kappa shape index (κ2) is 4.97. The topological polar surface area (TPSA) is 66.0 Å². The lowest BCUT2D eigenvalue weighted by Crippen LogP contribution is -2.22. The number of hydrogen-bond donors (Lipinski definition) is 1. The van der Waals surface area contributed by atoms with Crippen LogP contribution in [-0.2, 0) is 0 Å². The molecule has 2 atom stereocenters. The molecule has 90 valence electrons. The molecule has 2 rings (SSSR count). The maximum absolute atomic E-state index is 6.19. The van der Waals surface area contributed by atoms with Gasteiger partial charge in [-0.3, -0.25) is 0 Å². The van der Waals surface area contributed by atoms with E-state index in [9.17, 15) is 0 Å². The van der Waals surface area contributed by atoms with Crippen LogP contribution in [0.2, 0.25) is 0 Å². The third-order valence-corrected chi connectivity index (χ3v) is 2.87. The van der Waals surface area contributed by atoms with E-state index < -0.39 is 0 Å². The number of nitrogens with two attached hydrogens (primary N) is 1. The van der Waals surface area contributed by atoms with Crippen molar-refractivity contribution in [2.45, 2.75) is 19.0 Å². The molecular weight excluding hydrogens is 216 g/mol. The first-order valence-corrected chi connectivity index (χ1v) is 5.46. The molecule has 5 heteroatoms. The lowest BCUT2D eigenvalue weighted by Gasteiger charge is -2.20. The van der Waals surface area contributed by atoms with Crippen molar-refractivity contribution in [3.8, 4) is 5.75 Å². The Balaban J connectivity index is 2.16. The zero-order chi connectivity index (χ0) is 12.3. The average molecular weight is 232 g/mol. The Morgan fingerprint density at radius 1 is 1.29 bits per heavy atom. The maximum atomic E-state index is 6.19. The van der Waals surface area contributed by atoms with E-state index in [1.165, 1.54) is 6.33 Å². The number of hydrogen-bond acceptors (Lipinski definition) is 4. The van der Waals surface area contributed by atoms with Crippen LogP contribution in [0.4, 0.5) is 0 Å². The third-order valence-electron chi connectivity index (χ3n) is 2.87. The van der Waals surface area contributed by atoms with Gasteiger partial charge < -0.3 is 10.5 Å². The lowest BCUT2D eigenvalue weighted by atomic mass is 10.0. The van der Waals surface area contributed by atoms with Crippen molar-refractivity contribution in [3.05, 3.63) is 42.5 Å². The molecule has 0 aliphatic heterocycles. The molecule has 1 aromatic carbocycles. The number of nitrogens with zero attached hydrogens (tertiary/aromatic N) is 3. The molecule has 0 saturated heterocycles.